The van der Waals surface area contributed by atoms with Crippen LogP contribution in [0.25, 0.3) is 0 Å². The molecule has 162 valence electrons. The molecule has 0 radical (unpaired) electrons. The van der Waals surface area contributed by atoms with E-state index in [1.807, 2.05) is 30.3 Å². The summed E-state index contributed by atoms with van der Waals surface area (Å²) in [5.41, 5.74) is 0.0798. The first-order chi connectivity index (χ1) is 14.2. The maximum atomic E-state index is 13.2. The van der Waals surface area contributed by atoms with Gasteiger partial charge in [-0.3, -0.25) is 4.79 Å². The molecule has 1 aromatic heterocycles. The molecular weight excluding hydrogens is 417 g/mol. The molecule has 9 heteroatoms. The molecule has 30 heavy (non-hydrogen) atoms. The van der Waals surface area contributed by atoms with Gasteiger partial charge in [0.2, 0.25) is 15.7 Å². The normalized spacial score (nSPS) is 16.4. The van der Waals surface area contributed by atoms with Gasteiger partial charge in [0.15, 0.2) is 9.77 Å². The van der Waals surface area contributed by atoms with Crippen molar-refractivity contribution in [3.05, 3.63) is 59.8 Å². The predicted molar refractivity (Wildman–Crippen MR) is 105 cm³/mol. The van der Waals surface area contributed by atoms with Gasteiger partial charge in [0, 0.05) is 12.7 Å². The number of nitrogens with zero attached hydrogens (tertiary/aromatic N) is 1. The van der Waals surface area contributed by atoms with Crippen molar-refractivity contribution in [2.75, 3.05) is 6.54 Å². The fraction of sp³-hybridized carbons (Fsp3) is 0.429. The zero-order valence-corrected chi connectivity index (χ0v) is 17.1. The lowest BCUT2D eigenvalue weighted by Gasteiger charge is -2.27. The van der Waals surface area contributed by atoms with E-state index in [1.54, 1.807) is 0 Å². The SMILES string of the molecule is O=C(NCCCc1ccccc1)C1(S(=O)(=O)c2ccc(C(F)(F)F)cn2)CCCC1. The molecule has 3 rings (SSSR count). The van der Waals surface area contributed by atoms with Gasteiger partial charge in [-0.1, -0.05) is 43.2 Å². The van der Waals surface area contributed by atoms with Crippen molar-refractivity contribution in [3.8, 4) is 0 Å². The number of hydrogen-bond acceptors (Lipinski definition) is 4. The Balaban J connectivity index is 1.73. The van der Waals surface area contributed by atoms with Gasteiger partial charge in [0.25, 0.3) is 0 Å². The minimum atomic E-state index is -4.61. The van der Waals surface area contributed by atoms with Crippen molar-refractivity contribution in [1.82, 2.24) is 10.3 Å². The maximum Gasteiger partial charge on any atom is 0.417 e. The number of benzene rings is 1. The molecule has 0 spiro atoms. The molecule has 0 bridgehead atoms. The van der Waals surface area contributed by atoms with E-state index in [-0.39, 0.29) is 12.8 Å². The van der Waals surface area contributed by atoms with Crippen molar-refractivity contribution in [2.45, 2.75) is 54.5 Å². The molecule has 1 saturated carbocycles. The number of hydrogen-bond donors (Lipinski definition) is 1. The summed E-state index contributed by atoms with van der Waals surface area (Å²) in [6.07, 6.45) is -1.38. The lowest BCUT2D eigenvalue weighted by Crippen LogP contribution is -2.51. The highest BCUT2D eigenvalue weighted by Gasteiger charge is 2.53. The number of carbonyl (C=O) groups is 1. The molecule has 0 aliphatic heterocycles. The Morgan fingerprint density at radius 1 is 1.07 bits per heavy atom. The summed E-state index contributed by atoms with van der Waals surface area (Å²) < 4.78 is 63.0. The molecule has 1 fully saturated rings. The number of alkyl halides is 3. The minimum Gasteiger partial charge on any atom is -0.355 e. The molecule has 1 heterocycles. The topological polar surface area (TPSA) is 76.1 Å². The molecule has 1 aromatic carbocycles. The number of halogens is 3. The van der Waals surface area contributed by atoms with E-state index in [2.05, 4.69) is 10.3 Å². The second-order valence-electron chi connectivity index (χ2n) is 7.43. The van der Waals surface area contributed by atoms with Crippen LogP contribution in [0.15, 0.2) is 53.7 Å². The Hall–Kier alpha value is -2.42. The summed E-state index contributed by atoms with van der Waals surface area (Å²) in [6, 6.07) is 11.2. The number of amides is 1. The van der Waals surface area contributed by atoms with Gasteiger partial charge < -0.3 is 5.32 Å². The van der Waals surface area contributed by atoms with Crippen molar-refractivity contribution < 1.29 is 26.4 Å². The monoisotopic (exact) mass is 440 g/mol. The molecule has 1 amide bonds. The van der Waals surface area contributed by atoms with Crippen LogP contribution in [-0.2, 0) is 27.2 Å². The number of rotatable bonds is 7. The number of pyridine rings is 1. The average molecular weight is 440 g/mol. The Labute approximate surface area is 173 Å². The van der Waals surface area contributed by atoms with Crippen LogP contribution >= 0.6 is 0 Å². The predicted octanol–water partition coefficient (Wildman–Crippen LogP) is 3.94. The molecule has 0 atom stereocenters. The van der Waals surface area contributed by atoms with E-state index in [4.69, 9.17) is 0 Å². The number of aryl methyl sites for hydroxylation is 1. The standard InChI is InChI=1S/C21H23F3N2O3S/c22-21(23,24)17-10-11-18(26-15-17)30(28,29)20(12-4-5-13-20)19(27)25-14-6-9-16-7-2-1-3-8-16/h1-3,7-8,10-11,15H,4-6,9,12-14H2,(H,25,27). The van der Waals surface area contributed by atoms with Crippen molar-refractivity contribution >= 4 is 15.7 Å². The molecule has 0 saturated heterocycles. The second kappa shape index (κ2) is 8.75. The highest BCUT2D eigenvalue weighted by molar-refractivity contribution is 7.93. The molecule has 1 N–H and O–H groups in total. The van der Waals surface area contributed by atoms with Gasteiger partial charge >= 0.3 is 6.18 Å². The summed E-state index contributed by atoms with van der Waals surface area (Å²) in [6.45, 7) is 0.311. The smallest absolute Gasteiger partial charge is 0.355 e. The number of nitrogens with one attached hydrogen (secondary N) is 1. The van der Waals surface area contributed by atoms with E-state index < -0.39 is 37.3 Å². The number of carbonyl (C=O) groups excluding carboxylic acids is 1. The third kappa shape index (κ3) is 4.50. The van der Waals surface area contributed by atoms with Gasteiger partial charge in [0.1, 0.15) is 0 Å². The largest absolute Gasteiger partial charge is 0.417 e. The van der Waals surface area contributed by atoms with Gasteiger partial charge in [-0.25, -0.2) is 13.4 Å². The summed E-state index contributed by atoms with van der Waals surface area (Å²) in [4.78, 5) is 16.5. The van der Waals surface area contributed by atoms with Crippen LogP contribution < -0.4 is 5.32 Å². The Bertz CT molecular complexity index is 969. The van der Waals surface area contributed by atoms with E-state index in [9.17, 15) is 26.4 Å². The molecular formula is C21H23F3N2O3S. The first-order valence-electron chi connectivity index (χ1n) is 9.77. The lowest BCUT2D eigenvalue weighted by atomic mass is 10.1. The summed E-state index contributed by atoms with van der Waals surface area (Å²) >= 11 is 0. The number of sulfone groups is 1. The quantitative estimate of drug-likeness (QED) is 0.662. The van der Waals surface area contributed by atoms with Crippen molar-refractivity contribution in [3.63, 3.8) is 0 Å². The summed E-state index contributed by atoms with van der Waals surface area (Å²) in [7, 11) is -4.24. The first-order valence-corrected chi connectivity index (χ1v) is 11.3. The van der Waals surface area contributed by atoms with E-state index in [0.717, 1.165) is 18.1 Å². The Morgan fingerprint density at radius 3 is 2.30 bits per heavy atom. The summed E-state index contributed by atoms with van der Waals surface area (Å²) in [5.74, 6) is -0.602. The van der Waals surface area contributed by atoms with Crippen LogP contribution in [0.4, 0.5) is 13.2 Å². The zero-order chi connectivity index (χ0) is 21.8. The van der Waals surface area contributed by atoms with Gasteiger partial charge in [-0.15, -0.1) is 0 Å². The first kappa shape index (κ1) is 22.3. The van der Waals surface area contributed by atoms with Crippen LogP contribution in [0, 0.1) is 0 Å². The molecule has 0 unspecified atom stereocenters. The Kier molecular flexibility index (Phi) is 6.50. The summed E-state index contributed by atoms with van der Waals surface area (Å²) in [5, 5.41) is 2.22. The Morgan fingerprint density at radius 2 is 1.73 bits per heavy atom. The second-order valence-corrected chi connectivity index (χ2v) is 9.64. The van der Waals surface area contributed by atoms with Crippen molar-refractivity contribution in [2.24, 2.45) is 0 Å². The van der Waals surface area contributed by atoms with Gasteiger partial charge in [-0.2, -0.15) is 13.2 Å². The van der Waals surface area contributed by atoms with E-state index >= 15 is 0 Å². The van der Waals surface area contributed by atoms with Crippen molar-refractivity contribution in [1.29, 1.82) is 0 Å². The number of aromatic nitrogens is 1. The fourth-order valence-electron chi connectivity index (χ4n) is 3.77. The molecule has 1 aliphatic rings. The maximum absolute atomic E-state index is 13.2. The minimum absolute atomic E-state index is 0.128. The third-order valence-electron chi connectivity index (χ3n) is 5.45. The van der Waals surface area contributed by atoms with E-state index in [1.165, 1.54) is 0 Å². The van der Waals surface area contributed by atoms with Crippen LogP contribution in [0.3, 0.4) is 0 Å². The average Bonchev–Trinajstić information content (AvgIpc) is 3.23. The van der Waals surface area contributed by atoms with Crippen LogP contribution in [0.2, 0.25) is 0 Å². The van der Waals surface area contributed by atoms with Crippen LogP contribution in [0.1, 0.15) is 43.2 Å². The highest BCUT2D eigenvalue weighted by Crippen LogP contribution is 2.40. The van der Waals surface area contributed by atoms with Crippen LogP contribution in [-0.4, -0.2) is 30.6 Å². The molecule has 2 aromatic rings. The third-order valence-corrected chi connectivity index (χ3v) is 7.86. The highest BCUT2D eigenvalue weighted by atomic mass is 32.2. The molecule has 1 aliphatic carbocycles. The fourth-order valence-corrected chi connectivity index (χ4v) is 5.75. The van der Waals surface area contributed by atoms with E-state index in [0.29, 0.717) is 38.1 Å². The lowest BCUT2D eigenvalue weighted by molar-refractivity contribution is -0.138. The van der Waals surface area contributed by atoms with Gasteiger partial charge in [-0.05, 0) is 43.4 Å². The van der Waals surface area contributed by atoms with Crippen LogP contribution in [0.5, 0.6) is 0 Å². The zero-order valence-electron chi connectivity index (χ0n) is 16.3. The molecule has 5 nitrogen and oxygen atoms in total. The van der Waals surface area contributed by atoms with Gasteiger partial charge in [0.05, 0.1) is 5.56 Å².